The first-order chi connectivity index (χ1) is 23.1. The molecule has 49 heavy (non-hydrogen) atoms. The van der Waals surface area contributed by atoms with Crippen molar-refractivity contribution in [3.63, 3.8) is 0 Å². The molecule has 0 radical (unpaired) electrons. The van der Waals surface area contributed by atoms with Gasteiger partial charge in [-0.15, -0.1) is 0 Å². The van der Waals surface area contributed by atoms with Gasteiger partial charge in [0.2, 0.25) is 11.8 Å². The van der Waals surface area contributed by atoms with Gasteiger partial charge in [0.1, 0.15) is 23.2 Å². The fourth-order valence-electron chi connectivity index (χ4n) is 5.47. The molecule has 1 fully saturated rings. The summed E-state index contributed by atoms with van der Waals surface area (Å²) >= 11 is 0. The lowest BCUT2D eigenvalue weighted by Crippen LogP contribution is -2.59. The van der Waals surface area contributed by atoms with Crippen LogP contribution < -0.4 is 16.0 Å². The number of benzene rings is 2. The van der Waals surface area contributed by atoms with Crippen LogP contribution in [0.15, 0.2) is 67.0 Å². The molecule has 0 aliphatic carbocycles. The lowest BCUT2D eigenvalue weighted by Gasteiger charge is -2.33. The average molecular weight is 675 g/mol. The minimum atomic E-state index is -1.42. The standard InChI is InChI=1S/C37H50N6O6/c1-25-18-20-42(21-19-25)33(45)30(28-16-12-9-13-17-28)43-24-38-31(26(43)2)40-32(44)29(23-48-22-27-14-10-8-11-15-27)39-34(46)37(6,7)41-35(47)49-36(3,4)5/h8-17,24-25,29-30H,18-23H2,1-7H3,(H,39,46)(H,40,44)(H,41,47). The van der Waals surface area contributed by atoms with Crippen LogP contribution >= 0.6 is 0 Å². The Labute approximate surface area is 288 Å². The molecule has 1 aliphatic heterocycles. The van der Waals surface area contributed by atoms with Crippen molar-refractivity contribution in [2.24, 2.45) is 5.92 Å². The highest BCUT2D eigenvalue weighted by Crippen LogP contribution is 2.28. The fraction of sp³-hybridized carbons (Fsp3) is 0.486. The van der Waals surface area contributed by atoms with Gasteiger partial charge in [0.25, 0.3) is 5.91 Å². The summed E-state index contributed by atoms with van der Waals surface area (Å²) in [5.41, 5.74) is 0.0937. The molecule has 1 saturated heterocycles. The number of imidazole rings is 1. The van der Waals surface area contributed by atoms with E-state index in [4.69, 9.17) is 9.47 Å². The number of carbonyl (C=O) groups is 4. The van der Waals surface area contributed by atoms with Crippen LogP contribution in [0.25, 0.3) is 0 Å². The largest absolute Gasteiger partial charge is 0.444 e. The Morgan fingerprint density at radius 1 is 0.939 bits per heavy atom. The van der Waals surface area contributed by atoms with Crippen molar-refractivity contribution in [3.8, 4) is 0 Å². The molecule has 3 aromatic rings. The molecule has 2 heterocycles. The first kappa shape index (κ1) is 37.1. The Balaban J connectivity index is 1.54. The maximum atomic E-state index is 14.0. The van der Waals surface area contributed by atoms with Crippen LogP contribution in [0, 0.1) is 12.8 Å². The SMILES string of the molecule is Cc1c(NC(=O)C(COCc2ccccc2)NC(=O)C(C)(C)NC(=O)OC(C)(C)C)ncn1C(C(=O)N1CCC(C)CC1)c1ccccc1. The van der Waals surface area contributed by atoms with E-state index < -0.39 is 41.1 Å². The third-order valence-corrected chi connectivity index (χ3v) is 8.40. The van der Waals surface area contributed by atoms with Crippen molar-refractivity contribution in [1.29, 1.82) is 0 Å². The normalized spacial score (nSPS) is 15.2. The molecule has 12 nitrogen and oxygen atoms in total. The summed E-state index contributed by atoms with van der Waals surface area (Å²) in [6.45, 7) is 13.6. The highest BCUT2D eigenvalue weighted by Gasteiger charge is 2.36. The molecule has 264 valence electrons. The molecule has 0 spiro atoms. The van der Waals surface area contributed by atoms with Gasteiger partial charge in [-0.3, -0.25) is 14.4 Å². The van der Waals surface area contributed by atoms with Gasteiger partial charge in [-0.05, 0) is 71.4 Å². The van der Waals surface area contributed by atoms with E-state index in [1.165, 1.54) is 13.8 Å². The van der Waals surface area contributed by atoms with E-state index in [0.29, 0.717) is 24.7 Å². The molecule has 0 bridgehead atoms. The second-order valence-electron chi connectivity index (χ2n) is 14.2. The summed E-state index contributed by atoms with van der Waals surface area (Å²) in [6, 6.07) is 17.1. The van der Waals surface area contributed by atoms with E-state index in [9.17, 15) is 19.2 Å². The molecular weight excluding hydrogens is 624 g/mol. The van der Waals surface area contributed by atoms with Crippen LogP contribution in [0.4, 0.5) is 10.6 Å². The molecule has 2 aromatic carbocycles. The third-order valence-electron chi connectivity index (χ3n) is 8.40. The van der Waals surface area contributed by atoms with Gasteiger partial charge in [-0.25, -0.2) is 9.78 Å². The van der Waals surface area contributed by atoms with Gasteiger partial charge in [-0.1, -0.05) is 67.6 Å². The number of amides is 4. The zero-order valence-electron chi connectivity index (χ0n) is 29.6. The summed E-state index contributed by atoms with van der Waals surface area (Å²) in [5.74, 6) is -0.403. The highest BCUT2D eigenvalue weighted by molar-refractivity contribution is 5.99. The molecule has 1 aromatic heterocycles. The number of rotatable bonds is 12. The molecule has 4 amide bonds. The number of carbonyl (C=O) groups excluding carboxylic acids is 4. The Bertz CT molecular complexity index is 1580. The summed E-state index contributed by atoms with van der Waals surface area (Å²) in [5, 5.41) is 8.14. The second-order valence-corrected chi connectivity index (χ2v) is 14.2. The van der Waals surface area contributed by atoms with E-state index in [-0.39, 0.29) is 24.9 Å². The number of nitrogens with zero attached hydrogens (tertiary/aromatic N) is 3. The zero-order chi connectivity index (χ0) is 35.8. The van der Waals surface area contributed by atoms with Gasteiger partial charge in [0.05, 0.1) is 25.2 Å². The average Bonchev–Trinajstić information content (AvgIpc) is 3.39. The van der Waals surface area contributed by atoms with Crippen LogP contribution in [-0.2, 0) is 30.5 Å². The Kier molecular flexibility index (Phi) is 12.2. The smallest absolute Gasteiger partial charge is 0.408 e. The van der Waals surface area contributed by atoms with Gasteiger partial charge in [0, 0.05) is 13.1 Å². The van der Waals surface area contributed by atoms with E-state index in [1.807, 2.05) is 65.6 Å². The molecule has 0 saturated carbocycles. The molecule has 12 heteroatoms. The number of hydrogen-bond donors (Lipinski definition) is 3. The number of alkyl carbamates (subject to hydrolysis) is 1. The first-order valence-electron chi connectivity index (χ1n) is 16.8. The lowest BCUT2D eigenvalue weighted by molar-refractivity contribution is -0.135. The predicted molar refractivity (Wildman–Crippen MR) is 187 cm³/mol. The van der Waals surface area contributed by atoms with Crippen molar-refractivity contribution >= 4 is 29.6 Å². The van der Waals surface area contributed by atoms with Crippen molar-refractivity contribution in [1.82, 2.24) is 25.1 Å². The second kappa shape index (κ2) is 16.1. The minimum Gasteiger partial charge on any atom is -0.444 e. The van der Waals surface area contributed by atoms with Crippen LogP contribution in [0.3, 0.4) is 0 Å². The highest BCUT2D eigenvalue weighted by atomic mass is 16.6. The summed E-state index contributed by atoms with van der Waals surface area (Å²) in [4.78, 5) is 60.1. The predicted octanol–water partition coefficient (Wildman–Crippen LogP) is 4.98. The fourth-order valence-corrected chi connectivity index (χ4v) is 5.47. The summed E-state index contributed by atoms with van der Waals surface area (Å²) in [7, 11) is 0. The first-order valence-corrected chi connectivity index (χ1v) is 16.8. The summed E-state index contributed by atoms with van der Waals surface area (Å²) < 4.78 is 13.0. The lowest BCUT2D eigenvalue weighted by atomic mass is 9.97. The Morgan fingerprint density at radius 3 is 2.16 bits per heavy atom. The van der Waals surface area contributed by atoms with Crippen LogP contribution in [0.2, 0.25) is 0 Å². The number of likely N-dealkylation sites (tertiary alicyclic amines) is 1. The number of nitrogens with one attached hydrogen (secondary N) is 3. The molecule has 2 unspecified atom stereocenters. The van der Waals surface area contributed by atoms with E-state index in [1.54, 1.807) is 38.6 Å². The number of aromatic nitrogens is 2. The van der Waals surface area contributed by atoms with Crippen LogP contribution in [0.5, 0.6) is 0 Å². The Hall–Kier alpha value is -4.71. The number of hydrogen-bond acceptors (Lipinski definition) is 7. The number of anilines is 1. The van der Waals surface area contributed by atoms with E-state index in [2.05, 4.69) is 27.9 Å². The maximum absolute atomic E-state index is 14.0. The third kappa shape index (κ3) is 10.4. The van der Waals surface area contributed by atoms with Gasteiger partial charge < -0.3 is 34.9 Å². The van der Waals surface area contributed by atoms with Gasteiger partial charge in [0.15, 0.2) is 5.82 Å². The zero-order valence-corrected chi connectivity index (χ0v) is 29.6. The van der Waals surface area contributed by atoms with Crippen molar-refractivity contribution in [2.45, 2.75) is 91.1 Å². The number of piperidine rings is 1. The van der Waals surface area contributed by atoms with E-state index >= 15 is 0 Å². The van der Waals surface area contributed by atoms with Crippen molar-refractivity contribution in [3.05, 3.63) is 83.8 Å². The summed E-state index contributed by atoms with van der Waals surface area (Å²) in [6.07, 6.45) is 2.68. The van der Waals surface area contributed by atoms with Gasteiger partial charge in [-0.2, -0.15) is 0 Å². The maximum Gasteiger partial charge on any atom is 0.408 e. The quantitative estimate of drug-likeness (QED) is 0.246. The van der Waals surface area contributed by atoms with Crippen molar-refractivity contribution < 1.29 is 28.7 Å². The molecule has 2 atom stereocenters. The topological polar surface area (TPSA) is 144 Å². The molecule has 1 aliphatic rings. The minimum absolute atomic E-state index is 0.0318. The van der Waals surface area contributed by atoms with Crippen molar-refractivity contribution in [2.75, 3.05) is 25.0 Å². The monoisotopic (exact) mass is 674 g/mol. The Morgan fingerprint density at radius 2 is 1.55 bits per heavy atom. The van der Waals surface area contributed by atoms with Crippen LogP contribution in [-0.4, -0.2) is 75.1 Å². The molecule has 4 rings (SSSR count). The van der Waals surface area contributed by atoms with Gasteiger partial charge >= 0.3 is 6.09 Å². The van der Waals surface area contributed by atoms with E-state index in [0.717, 1.165) is 24.0 Å². The number of ether oxygens (including phenoxy) is 2. The molecular formula is C37H50N6O6. The molecule has 3 N–H and O–H groups in total. The van der Waals surface area contributed by atoms with Crippen LogP contribution in [0.1, 0.15) is 77.2 Å².